The van der Waals surface area contributed by atoms with Gasteiger partial charge in [0, 0.05) is 24.9 Å². The van der Waals surface area contributed by atoms with E-state index in [2.05, 4.69) is 15.3 Å². The van der Waals surface area contributed by atoms with Crippen LogP contribution in [0.4, 0.5) is 0 Å². The maximum atomic E-state index is 11.2. The maximum Gasteiger partial charge on any atom is 0.237 e. The van der Waals surface area contributed by atoms with Crippen molar-refractivity contribution in [3.05, 3.63) is 18.2 Å². The van der Waals surface area contributed by atoms with Gasteiger partial charge in [0.05, 0.1) is 12.4 Å². The molecule has 1 heterocycles. The lowest BCUT2D eigenvalue weighted by atomic mass is 10.1. The zero-order valence-electron chi connectivity index (χ0n) is 7.58. The number of hydrogen-bond acceptors (Lipinski definition) is 3. The number of carbonyl (C=O) groups is 1. The van der Waals surface area contributed by atoms with E-state index in [1.807, 2.05) is 6.92 Å². The SMILES string of the molecule is CCNC(=O)[C@@H](N)Cc1cnc[nH]1. The number of nitrogens with one attached hydrogen (secondary N) is 2. The highest BCUT2D eigenvalue weighted by Gasteiger charge is 2.12. The number of aromatic nitrogens is 2. The van der Waals surface area contributed by atoms with Crippen molar-refractivity contribution in [2.45, 2.75) is 19.4 Å². The van der Waals surface area contributed by atoms with E-state index in [4.69, 9.17) is 5.73 Å². The second-order valence-corrected chi connectivity index (χ2v) is 2.78. The lowest BCUT2D eigenvalue weighted by Crippen LogP contribution is -2.41. The first-order valence-electron chi connectivity index (χ1n) is 4.24. The normalized spacial score (nSPS) is 12.5. The number of imidazole rings is 1. The minimum absolute atomic E-state index is 0.128. The average Bonchev–Trinajstić information content (AvgIpc) is 2.57. The summed E-state index contributed by atoms with van der Waals surface area (Å²) in [6, 6.07) is -0.500. The molecule has 5 nitrogen and oxygen atoms in total. The van der Waals surface area contributed by atoms with E-state index < -0.39 is 6.04 Å². The van der Waals surface area contributed by atoms with Crippen molar-refractivity contribution in [3.63, 3.8) is 0 Å². The fraction of sp³-hybridized carbons (Fsp3) is 0.500. The summed E-state index contributed by atoms with van der Waals surface area (Å²) < 4.78 is 0. The minimum atomic E-state index is -0.500. The van der Waals surface area contributed by atoms with Crippen molar-refractivity contribution < 1.29 is 4.79 Å². The van der Waals surface area contributed by atoms with E-state index in [9.17, 15) is 4.79 Å². The van der Waals surface area contributed by atoms with Gasteiger partial charge in [0.15, 0.2) is 0 Å². The van der Waals surface area contributed by atoms with Gasteiger partial charge in [-0.2, -0.15) is 0 Å². The predicted molar refractivity (Wildman–Crippen MR) is 49.0 cm³/mol. The molecule has 0 radical (unpaired) electrons. The van der Waals surface area contributed by atoms with Gasteiger partial charge < -0.3 is 16.0 Å². The van der Waals surface area contributed by atoms with Gasteiger partial charge in [0.2, 0.25) is 5.91 Å². The second-order valence-electron chi connectivity index (χ2n) is 2.78. The number of H-pyrrole nitrogens is 1. The molecule has 0 aliphatic carbocycles. The Hall–Kier alpha value is -1.36. The summed E-state index contributed by atoms with van der Waals surface area (Å²) in [5, 5.41) is 2.66. The van der Waals surface area contributed by atoms with E-state index in [1.165, 1.54) is 0 Å². The summed E-state index contributed by atoms with van der Waals surface area (Å²) in [4.78, 5) is 17.9. The van der Waals surface area contributed by atoms with Gasteiger partial charge in [-0.3, -0.25) is 4.79 Å². The highest BCUT2D eigenvalue weighted by molar-refractivity contribution is 5.81. The maximum absolute atomic E-state index is 11.2. The summed E-state index contributed by atoms with van der Waals surface area (Å²) in [7, 11) is 0. The van der Waals surface area contributed by atoms with Gasteiger partial charge in [-0.15, -0.1) is 0 Å². The third kappa shape index (κ3) is 2.87. The first-order valence-corrected chi connectivity index (χ1v) is 4.24. The number of hydrogen-bond donors (Lipinski definition) is 3. The molecule has 72 valence electrons. The van der Waals surface area contributed by atoms with E-state index >= 15 is 0 Å². The van der Waals surface area contributed by atoms with E-state index in [0.29, 0.717) is 13.0 Å². The molecule has 1 aromatic rings. The molecule has 0 aliphatic heterocycles. The standard InChI is InChI=1S/C8H14N4O/c1-2-11-8(13)7(9)3-6-4-10-5-12-6/h4-5,7H,2-3,9H2,1H3,(H,10,12)(H,11,13)/t7-/m0/s1. The summed E-state index contributed by atoms with van der Waals surface area (Å²) in [5.74, 6) is -0.128. The van der Waals surface area contributed by atoms with Crippen LogP contribution in [0.2, 0.25) is 0 Å². The Morgan fingerprint density at radius 3 is 3.15 bits per heavy atom. The monoisotopic (exact) mass is 182 g/mol. The second kappa shape index (κ2) is 4.61. The van der Waals surface area contributed by atoms with Crippen LogP contribution < -0.4 is 11.1 Å². The van der Waals surface area contributed by atoms with Crippen LogP contribution in [-0.2, 0) is 11.2 Å². The molecular weight excluding hydrogens is 168 g/mol. The van der Waals surface area contributed by atoms with E-state index in [-0.39, 0.29) is 5.91 Å². The van der Waals surface area contributed by atoms with Gasteiger partial charge in [0.1, 0.15) is 0 Å². The Kier molecular flexibility index (Phi) is 3.45. The average molecular weight is 182 g/mol. The lowest BCUT2D eigenvalue weighted by molar-refractivity contribution is -0.122. The van der Waals surface area contributed by atoms with Gasteiger partial charge in [0.25, 0.3) is 0 Å². The molecule has 0 fully saturated rings. The molecule has 0 aliphatic rings. The molecule has 0 bridgehead atoms. The van der Waals surface area contributed by atoms with Crippen LogP contribution >= 0.6 is 0 Å². The van der Waals surface area contributed by atoms with Crippen LogP contribution in [0.1, 0.15) is 12.6 Å². The van der Waals surface area contributed by atoms with Crippen molar-refractivity contribution >= 4 is 5.91 Å². The molecule has 0 saturated heterocycles. The van der Waals surface area contributed by atoms with Crippen LogP contribution in [0.15, 0.2) is 12.5 Å². The summed E-state index contributed by atoms with van der Waals surface area (Å²) >= 11 is 0. The zero-order chi connectivity index (χ0) is 9.68. The number of aromatic amines is 1. The summed E-state index contributed by atoms with van der Waals surface area (Å²) in [6.45, 7) is 2.47. The van der Waals surface area contributed by atoms with Crippen LogP contribution in [0.25, 0.3) is 0 Å². The molecule has 5 heteroatoms. The quantitative estimate of drug-likeness (QED) is 0.582. The van der Waals surface area contributed by atoms with Crippen LogP contribution in [-0.4, -0.2) is 28.5 Å². The van der Waals surface area contributed by atoms with Gasteiger partial charge in [-0.1, -0.05) is 0 Å². The Labute approximate surface area is 76.7 Å². The number of nitrogens with two attached hydrogens (primary N) is 1. The topological polar surface area (TPSA) is 83.8 Å². The molecule has 0 spiro atoms. The van der Waals surface area contributed by atoms with Crippen LogP contribution in [0.3, 0.4) is 0 Å². The number of rotatable bonds is 4. The first kappa shape index (κ1) is 9.73. The highest BCUT2D eigenvalue weighted by Crippen LogP contribution is 1.95. The van der Waals surface area contributed by atoms with E-state index in [1.54, 1.807) is 12.5 Å². The van der Waals surface area contributed by atoms with Gasteiger partial charge in [-0.05, 0) is 6.92 Å². The molecular formula is C8H14N4O. The van der Waals surface area contributed by atoms with Crippen LogP contribution in [0, 0.1) is 0 Å². The number of amides is 1. The largest absolute Gasteiger partial charge is 0.355 e. The third-order valence-electron chi connectivity index (χ3n) is 1.68. The zero-order valence-corrected chi connectivity index (χ0v) is 7.58. The first-order chi connectivity index (χ1) is 6.24. The smallest absolute Gasteiger partial charge is 0.237 e. The molecule has 0 aromatic carbocycles. The Morgan fingerprint density at radius 1 is 1.85 bits per heavy atom. The lowest BCUT2D eigenvalue weighted by Gasteiger charge is -2.09. The van der Waals surface area contributed by atoms with E-state index in [0.717, 1.165) is 5.69 Å². The molecule has 0 unspecified atom stereocenters. The van der Waals surface area contributed by atoms with Gasteiger partial charge >= 0.3 is 0 Å². The molecule has 4 N–H and O–H groups in total. The summed E-state index contributed by atoms with van der Waals surface area (Å²) in [6.07, 6.45) is 3.73. The molecule has 13 heavy (non-hydrogen) atoms. The molecule has 1 atom stereocenters. The Balaban J connectivity index is 2.41. The number of nitrogens with zero attached hydrogens (tertiary/aromatic N) is 1. The highest BCUT2D eigenvalue weighted by atomic mass is 16.2. The summed E-state index contributed by atoms with van der Waals surface area (Å²) in [5.41, 5.74) is 6.51. The predicted octanol–water partition coefficient (Wildman–Crippen LogP) is -0.584. The number of likely N-dealkylation sites (N-methyl/N-ethyl adjacent to an activating group) is 1. The third-order valence-corrected chi connectivity index (χ3v) is 1.68. The molecule has 1 amide bonds. The Morgan fingerprint density at radius 2 is 2.62 bits per heavy atom. The fourth-order valence-electron chi connectivity index (χ4n) is 1.03. The minimum Gasteiger partial charge on any atom is -0.355 e. The van der Waals surface area contributed by atoms with Crippen molar-refractivity contribution in [1.82, 2.24) is 15.3 Å². The van der Waals surface area contributed by atoms with Gasteiger partial charge in [-0.25, -0.2) is 4.98 Å². The number of carbonyl (C=O) groups excluding carboxylic acids is 1. The van der Waals surface area contributed by atoms with Crippen molar-refractivity contribution in [2.24, 2.45) is 5.73 Å². The van der Waals surface area contributed by atoms with Crippen molar-refractivity contribution in [2.75, 3.05) is 6.54 Å². The fourth-order valence-corrected chi connectivity index (χ4v) is 1.03. The van der Waals surface area contributed by atoms with Crippen molar-refractivity contribution in [1.29, 1.82) is 0 Å². The van der Waals surface area contributed by atoms with Crippen molar-refractivity contribution in [3.8, 4) is 0 Å². The Bertz CT molecular complexity index is 257. The molecule has 1 aromatic heterocycles. The molecule has 0 saturated carbocycles. The van der Waals surface area contributed by atoms with Crippen LogP contribution in [0.5, 0.6) is 0 Å². The molecule has 1 rings (SSSR count).